The van der Waals surface area contributed by atoms with E-state index in [-0.39, 0.29) is 17.0 Å². The molecule has 0 atom stereocenters. The van der Waals surface area contributed by atoms with Gasteiger partial charge in [0.15, 0.2) is 11.5 Å². The van der Waals surface area contributed by atoms with Crippen LogP contribution in [-0.4, -0.2) is 131 Å². The molecule has 0 saturated carbocycles. The molecule has 33 heteroatoms. The van der Waals surface area contributed by atoms with Crippen LogP contribution >= 0.6 is 0 Å². The first-order valence-corrected chi connectivity index (χ1v) is 41.4. The Morgan fingerprint density at radius 3 is 1.12 bits per heavy atom. The van der Waals surface area contributed by atoms with E-state index in [0.717, 1.165) is 96.5 Å². The van der Waals surface area contributed by atoms with Crippen molar-refractivity contribution < 1.29 is 68.7 Å². The minimum Gasteiger partial charge on any atom is -0.496 e. The highest BCUT2D eigenvalue weighted by Gasteiger charge is 2.33. The van der Waals surface area contributed by atoms with Crippen molar-refractivity contribution in [2.45, 2.75) is 87.8 Å². The second-order valence-corrected chi connectivity index (χ2v) is 27.9. The first-order chi connectivity index (χ1) is 63.5. The van der Waals surface area contributed by atoms with Gasteiger partial charge in [-0.2, -0.15) is 43.1 Å². The molecule has 0 radical (unpaired) electrons. The maximum Gasteiger partial charge on any atom is 0.416 e. The number of hydrogen-bond donors (Lipinski definition) is 0. The second kappa shape index (κ2) is 45.5. The van der Waals surface area contributed by atoms with Crippen LogP contribution in [0.15, 0.2) is 290 Å². The van der Waals surface area contributed by atoms with Crippen molar-refractivity contribution in [2.24, 2.45) is 0 Å². The molecule has 30 nitrogen and oxygen atoms in total. The number of aromatic nitrogens is 18. The van der Waals surface area contributed by atoms with Gasteiger partial charge in [-0.25, -0.2) is 0 Å². The fourth-order valence-corrected chi connectivity index (χ4v) is 12.5. The van der Waals surface area contributed by atoms with Gasteiger partial charge in [0.1, 0.15) is 23.0 Å². The van der Waals surface area contributed by atoms with Crippen molar-refractivity contribution >= 4 is 0 Å². The summed E-state index contributed by atoms with van der Waals surface area (Å²) in [5.41, 5.74) is 12.3. The van der Waals surface area contributed by atoms with Crippen LogP contribution in [0.1, 0.15) is 82.2 Å². The number of benzene rings is 6. The van der Waals surface area contributed by atoms with E-state index in [1.54, 1.807) is 93.6 Å². The molecule has 12 aromatic heterocycles. The molecular formula is C97H89F3N18O12. The quantitative estimate of drug-likeness (QED) is 0.0486. The van der Waals surface area contributed by atoms with Gasteiger partial charge in [-0.3, -0.25) is 29.9 Å². The molecule has 660 valence electrons. The smallest absolute Gasteiger partial charge is 0.416 e. The molecule has 0 N–H and O–H groups in total. The predicted octanol–water partition coefficient (Wildman–Crippen LogP) is 22.1. The Hall–Kier alpha value is -16.4. The fraction of sp³-hybridized carbons (Fsp3) is 0.196. The van der Waals surface area contributed by atoms with E-state index >= 15 is 0 Å². The SMILES string of the molecule is CCCCc1ccc(-c2nc(-c3ccncc3)no2)cc1.CCOc1ccc(-c2nc(-c3ccncc3)no2)c(OCC)c1.CCOc1ccc(-c2nc(-c3ccncc3C)no2)cc1OCC.CCOc1cccc(-c2nc(-c3ccncc3)no2)c1.COc1cc(-c2nc(-c3ccncc3)no2)ccc1C.Cc1ccc(-c2nc(-c3ccncc3)no2)cc1C(F)(F)F. The van der Waals surface area contributed by atoms with Crippen LogP contribution in [0.2, 0.25) is 0 Å². The fourth-order valence-electron chi connectivity index (χ4n) is 12.5. The number of halogens is 3. The monoisotopic (exact) mass is 1750 g/mol. The van der Waals surface area contributed by atoms with Crippen molar-refractivity contribution in [3.63, 3.8) is 0 Å². The number of rotatable bonds is 26. The van der Waals surface area contributed by atoms with E-state index in [4.69, 9.17) is 55.6 Å². The molecule has 0 amide bonds. The Kier molecular flexibility index (Phi) is 32.0. The highest BCUT2D eigenvalue weighted by atomic mass is 19.4. The van der Waals surface area contributed by atoms with Crippen LogP contribution in [0, 0.1) is 20.8 Å². The van der Waals surface area contributed by atoms with Gasteiger partial charge in [0.05, 0.1) is 51.3 Å². The molecular weight excluding hydrogens is 1670 g/mol. The Balaban J connectivity index is 0.000000133. The van der Waals surface area contributed by atoms with E-state index in [1.807, 2.05) is 194 Å². The van der Waals surface area contributed by atoms with Crippen molar-refractivity contribution in [3.8, 4) is 172 Å². The number of hydrogen-bond acceptors (Lipinski definition) is 30. The Bertz CT molecular complexity index is 6550. The van der Waals surface area contributed by atoms with E-state index in [0.29, 0.717) is 120 Å². The van der Waals surface area contributed by atoms with Crippen LogP contribution in [0.3, 0.4) is 0 Å². The summed E-state index contributed by atoms with van der Waals surface area (Å²) < 4.78 is 104. The maximum atomic E-state index is 12.9. The zero-order valence-electron chi connectivity index (χ0n) is 72.6. The molecule has 12 heterocycles. The van der Waals surface area contributed by atoms with E-state index in [2.05, 4.69) is 110 Å². The Morgan fingerprint density at radius 2 is 0.669 bits per heavy atom. The molecule has 0 aliphatic heterocycles. The Labute approximate surface area is 745 Å². The van der Waals surface area contributed by atoms with E-state index < -0.39 is 11.7 Å². The van der Waals surface area contributed by atoms with Crippen molar-refractivity contribution in [1.29, 1.82) is 0 Å². The summed E-state index contributed by atoms with van der Waals surface area (Å²) >= 11 is 0. The summed E-state index contributed by atoms with van der Waals surface area (Å²) in [5, 5.41) is 23.9. The molecule has 0 bridgehead atoms. The van der Waals surface area contributed by atoms with Gasteiger partial charge in [0.25, 0.3) is 35.3 Å². The summed E-state index contributed by atoms with van der Waals surface area (Å²) in [6.07, 6.45) is 19.3. The number of aryl methyl sites for hydroxylation is 4. The lowest BCUT2D eigenvalue weighted by Gasteiger charge is -2.11. The van der Waals surface area contributed by atoms with Crippen LogP contribution in [0.4, 0.5) is 13.2 Å². The molecule has 130 heavy (non-hydrogen) atoms. The summed E-state index contributed by atoms with van der Waals surface area (Å²) in [6, 6.07) is 56.7. The average molecular weight is 1760 g/mol. The Morgan fingerprint density at radius 1 is 0.292 bits per heavy atom. The molecule has 18 rings (SSSR count). The summed E-state index contributed by atoms with van der Waals surface area (Å²) in [6.45, 7) is 20.1. The average Bonchev–Trinajstić information content (AvgIpc) is 1.47. The minimum atomic E-state index is -4.42. The van der Waals surface area contributed by atoms with Crippen molar-refractivity contribution in [2.75, 3.05) is 40.1 Å². The molecule has 0 saturated heterocycles. The molecule has 0 unspecified atom stereocenters. The van der Waals surface area contributed by atoms with Crippen LogP contribution in [0.5, 0.6) is 34.5 Å². The number of pyridine rings is 6. The van der Waals surface area contributed by atoms with Gasteiger partial charge in [-0.05, 0) is 242 Å². The topological polar surface area (TPSA) is 366 Å². The number of unbranched alkanes of at least 4 members (excludes halogenated alkanes) is 1. The lowest BCUT2D eigenvalue weighted by molar-refractivity contribution is -0.138. The molecule has 6 aromatic carbocycles. The van der Waals surface area contributed by atoms with Crippen LogP contribution in [-0.2, 0) is 12.6 Å². The molecule has 0 fully saturated rings. The lowest BCUT2D eigenvalue weighted by atomic mass is 10.0. The van der Waals surface area contributed by atoms with Gasteiger partial charge < -0.3 is 55.6 Å². The van der Waals surface area contributed by atoms with Crippen molar-refractivity contribution in [3.05, 3.63) is 290 Å². The third-order valence-corrected chi connectivity index (χ3v) is 19.0. The first kappa shape index (κ1) is 91.3. The molecule has 18 aromatic rings. The molecule has 0 aliphatic carbocycles. The van der Waals surface area contributed by atoms with Crippen LogP contribution in [0.25, 0.3) is 137 Å². The van der Waals surface area contributed by atoms with Gasteiger partial charge in [-0.15, -0.1) is 0 Å². The number of methoxy groups -OCH3 is 1. The number of alkyl halides is 3. The highest BCUT2D eigenvalue weighted by molar-refractivity contribution is 5.69. The highest BCUT2D eigenvalue weighted by Crippen LogP contribution is 2.39. The zero-order chi connectivity index (χ0) is 91.0. The zero-order valence-corrected chi connectivity index (χ0v) is 72.6. The maximum absolute atomic E-state index is 12.9. The van der Waals surface area contributed by atoms with Crippen molar-refractivity contribution in [1.82, 2.24) is 90.7 Å². The summed E-state index contributed by atoms with van der Waals surface area (Å²) in [4.78, 5) is 50.1. The lowest BCUT2D eigenvalue weighted by Crippen LogP contribution is -2.07. The molecule has 0 spiro atoms. The number of ether oxygens (including phenoxy) is 6. The van der Waals surface area contributed by atoms with E-state index in [1.165, 1.54) is 37.5 Å². The third kappa shape index (κ3) is 24.6. The van der Waals surface area contributed by atoms with Gasteiger partial charge in [0, 0.05) is 142 Å². The van der Waals surface area contributed by atoms with E-state index in [9.17, 15) is 13.2 Å². The normalized spacial score (nSPS) is 10.7. The number of nitrogens with zero attached hydrogens (tertiary/aromatic N) is 18. The van der Waals surface area contributed by atoms with Crippen LogP contribution < -0.4 is 28.4 Å². The standard InChI is InChI=1S/C18H19N3O3.C17H17N3O3.C17H17N3O.C15H10F3N3O.2C15H13N3O2/c1-4-22-15-7-6-13(10-16(15)23-5-2)18-20-17(21-24-18)14-8-9-19-11-12(14)3;1-3-21-13-5-6-14(15(11-13)22-4-2)17-19-16(20-23-17)12-7-9-18-10-8-12;1-2-3-4-13-5-7-15(8-6-13)17-19-16(20-21-17)14-9-11-18-12-10-14;1-9-2-3-11(8-12(9)15(16,17)18)14-20-13(21-22-14)10-4-6-19-7-5-10;1-10-3-4-12(9-13(10)19-2)15-17-14(18-20-15)11-5-7-16-8-6-11;1-2-19-13-5-3-4-12(10-13)15-17-14(18-20-15)11-6-8-16-9-7-11/h6-11H,4-5H2,1-3H3;5-11H,3-4H2,1-2H3;5-12H,2-4H2,1H3;2-8H,1H3;3-9H,1-2H3;3-10H,2H2,1H3. The van der Waals surface area contributed by atoms with Gasteiger partial charge in [-0.1, -0.05) is 74.6 Å². The minimum absolute atomic E-state index is 0.0392. The second-order valence-electron chi connectivity index (χ2n) is 27.9. The van der Waals surface area contributed by atoms with Gasteiger partial charge in [0.2, 0.25) is 34.9 Å². The molecule has 0 aliphatic rings. The third-order valence-electron chi connectivity index (χ3n) is 19.0. The summed E-state index contributed by atoms with van der Waals surface area (Å²) in [7, 11) is 1.64. The predicted molar refractivity (Wildman–Crippen MR) is 478 cm³/mol. The summed E-state index contributed by atoms with van der Waals surface area (Å²) in [5.74, 6) is 9.74. The van der Waals surface area contributed by atoms with Gasteiger partial charge >= 0.3 is 6.18 Å². The first-order valence-electron chi connectivity index (χ1n) is 41.4. The largest absolute Gasteiger partial charge is 0.496 e.